The summed E-state index contributed by atoms with van der Waals surface area (Å²) in [6.07, 6.45) is 6.71. The molecule has 0 spiro atoms. The van der Waals surface area contributed by atoms with Gasteiger partial charge in [0.1, 0.15) is 0 Å². The van der Waals surface area contributed by atoms with Crippen LogP contribution in [0.1, 0.15) is 37.2 Å². The molecular formula is C17H30IN7. The Morgan fingerprint density at radius 3 is 2.64 bits per heavy atom. The predicted molar refractivity (Wildman–Crippen MR) is 112 cm³/mol. The lowest BCUT2D eigenvalue weighted by Crippen LogP contribution is -2.37. The van der Waals surface area contributed by atoms with Crippen LogP contribution in [0.4, 0.5) is 0 Å². The Bertz CT molecular complexity index is 646. The van der Waals surface area contributed by atoms with E-state index in [1.807, 2.05) is 28.7 Å². The smallest absolute Gasteiger partial charge is 0.191 e. The molecule has 0 radical (unpaired) electrons. The van der Waals surface area contributed by atoms with E-state index in [4.69, 9.17) is 0 Å². The summed E-state index contributed by atoms with van der Waals surface area (Å²) >= 11 is 0. The molecule has 0 aliphatic rings. The first-order valence-corrected chi connectivity index (χ1v) is 8.65. The molecule has 0 fully saturated rings. The van der Waals surface area contributed by atoms with Crippen LogP contribution in [0.25, 0.3) is 0 Å². The van der Waals surface area contributed by atoms with E-state index in [9.17, 15) is 0 Å². The number of aromatic nitrogens is 4. The minimum atomic E-state index is 0. The molecule has 0 saturated carbocycles. The highest BCUT2D eigenvalue weighted by Crippen LogP contribution is 2.15. The molecule has 0 saturated heterocycles. The maximum Gasteiger partial charge on any atom is 0.191 e. The molecule has 0 amide bonds. The van der Waals surface area contributed by atoms with Crippen molar-refractivity contribution in [3.05, 3.63) is 35.4 Å². The van der Waals surface area contributed by atoms with E-state index in [1.54, 1.807) is 13.2 Å². The van der Waals surface area contributed by atoms with Crippen LogP contribution in [0.3, 0.4) is 0 Å². The molecule has 0 aliphatic carbocycles. The molecule has 2 heterocycles. The van der Waals surface area contributed by atoms with Crippen molar-refractivity contribution < 1.29 is 0 Å². The lowest BCUT2D eigenvalue weighted by Gasteiger charge is -2.13. The number of hydrogen-bond acceptors (Lipinski definition) is 3. The van der Waals surface area contributed by atoms with Crippen molar-refractivity contribution >= 4 is 29.9 Å². The van der Waals surface area contributed by atoms with E-state index in [0.29, 0.717) is 0 Å². The van der Waals surface area contributed by atoms with Crippen molar-refractivity contribution in [3.63, 3.8) is 0 Å². The summed E-state index contributed by atoms with van der Waals surface area (Å²) < 4.78 is 3.94. The van der Waals surface area contributed by atoms with Crippen molar-refractivity contribution in [2.24, 2.45) is 12.0 Å². The Labute approximate surface area is 167 Å². The zero-order valence-electron chi connectivity index (χ0n) is 15.6. The Morgan fingerprint density at radius 1 is 1.24 bits per heavy atom. The lowest BCUT2D eigenvalue weighted by atomic mass is 10.1. The molecule has 0 aliphatic heterocycles. The summed E-state index contributed by atoms with van der Waals surface area (Å²) in [6, 6.07) is 1.94. The number of aryl methyl sites for hydroxylation is 3. The SMILES string of the molecule is CCc1nn(C)c(CC)c1CNC(=NC)NCCCn1cccn1.I. The average Bonchev–Trinajstić information content (AvgIpc) is 3.21. The van der Waals surface area contributed by atoms with Crippen molar-refractivity contribution in [1.82, 2.24) is 30.2 Å². The van der Waals surface area contributed by atoms with E-state index < -0.39 is 0 Å². The standard InChI is InChI=1S/C17H29N7.HI/c1-5-15-14(16(6-2)23(4)22-15)13-20-17(18-3)19-9-7-11-24-12-8-10-21-24;/h8,10,12H,5-7,9,11,13H2,1-4H3,(H2,18,19,20);1H. The van der Waals surface area contributed by atoms with Crippen LogP contribution in [0.5, 0.6) is 0 Å². The van der Waals surface area contributed by atoms with Crippen LogP contribution in [0, 0.1) is 0 Å². The van der Waals surface area contributed by atoms with Gasteiger partial charge in [-0.15, -0.1) is 24.0 Å². The number of guanidine groups is 1. The van der Waals surface area contributed by atoms with E-state index in [-0.39, 0.29) is 24.0 Å². The third kappa shape index (κ3) is 6.02. The third-order valence-corrected chi connectivity index (χ3v) is 4.10. The van der Waals surface area contributed by atoms with Gasteiger partial charge in [0.05, 0.1) is 5.69 Å². The van der Waals surface area contributed by atoms with E-state index in [0.717, 1.165) is 50.6 Å². The Hall–Kier alpha value is -1.58. The number of nitrogens with zero attached hydrogens (tertiary/aromatic N) is 5. The second kappa shape index (κ2) is 11.1. The van der Waals surface area contributed by atoms with Gasteiger partial charge in [-0.1, -0.05) is 13.8 Å². The highest BCUT2D eigenvalue weighted by Gasteiger charge is 2.13. The van der Waals surface area contributed by atoms with Gasteiger partial charge in [-0.05, 0) is 25.3 Å². The molecule has 0 aromatic carbocycles. The molecule has 0 unspecified atom stereocenters. The maximum atomic E-state index is 4.61. The van der Waals surface area contributed by atoms with Gasteiger partial charge in [0.25, 0.3) is 0 Å². The van der Waals surface area contributed by atoms with Gasteiger partial charge < -0.3 is 10.6 Å². The summed E-state index contributed by atoms with van der Waals surface area (Å²) in [5, 5.41) is 15.6. The predicted octanol–water partition coefficient (Wildman–Crippen LogP) is 2.11. The first-order valence-electron chi connectivity index (χ1n) is 8.65. The Morgan fingerprint density at radius 2 is 2.04 bits per heavy atom. The normalized spacial score (nSPS) is 11.3. The first-order chi connectivity index (χ1) is 11.7. The quantitative estimate of drug-likeness (QED) is 0.275. The first kappa shape index (κ1) is 21.5. The molecular weight excluding hydrogens is 429 g/mol. The molecule has 2 aromatic rings. The second-order valence-corrected chi connectivity index (χ2v) is 5.68. The fourth-order valence-corrected chi connectivity index (χ4v) is 2.87. The summed E-state index contributed by atoms with van der Waals surface area (Å²) in [4.78, 5) is 4.30. The molecule has 7 nitrogen and oxygen atoms in total. The molecule has 140 valence electrons. The second-order valence-electron chi connectivity index (χ2n) is 5.68. The minimum Gasteiger partial charge on any atom is -0.356 e. The van der Waals surface area contributed by atoms with E-state index in [1.165, 1.54) is 11.3 Å². The zero-order chi connectivity index (χ0) is 17.4. The van der Waals surface area contributed by atoms with Crippen molar-refractivity contribution in [1.29, 1.82) is 0 Å². The summed E-state index contributed by atoms with van der Waals surface area (Å²) in [5.41, 5.74) is 3.74. The van der Waals surface area contributed by atoms with Gasteiger partial charge in [0.2, 0.25) is 0 Å². The monoisotopic (exact) mass is 459 g/mol. The van der Waals surface area contributed by atoms with Gasteiger partial charge in [-0.3, -0.25) is 14.4 Å². The summed E-state index contributed by atoms with van der Waals surface area (Å²) in [5.74, 6) is 0.823. The highest BCUT2D eigenvalue weighted by atomic mass is 127. The van der Waals surface area contributed by atoms with Crippen LogP contribution in [0.15, 0.2) is 23.5 Å². The lowest BCUT2D eigenvalue weighted by molar-refractivity contribution is 0.570. The van der Waals surface area contributed by atoms with Crippen molar-refractivity contribution in [3.8, 4) is 0 Å². The van der Waals surface area contributed by atoms with Crippen molar-refractivity contribution in [2.45, 2.75) is 46.2 Å². The largest absolute Gasteiger partial charge is 0.356 e. The fraction of sp³-hybridized carbons (Fsp3) is 0.588. The van der Waals surface area contributed by atoms with Crippen LogP contribution < -0.4 is 10.6 Å². The molecule has 0 atom stereocenters. The zero-order valence-corrected chi connectivity index (χ0v) is 17.9. The minimum absolute atomic E-state index is 0. The molecule has 2 rings (SSSR count). The van der Waals surface area contributed by atoms with Gasteiger partial charge >= 0.3 is 0 Å². The average molecular weight is 459 g/mol. The van der Waals surface area contributed by atoms with Gasteiger partial charge in [0.15, 0.2) is 5.96 Å². The molecule has 8 heteroatoms. The number of aliphatic imine (C=N–C) groups is 1. The maximum absolute atomic E-state index is 4.61. The van der Waals surface area contributed by atoms with Crippen LogP contribution in [-0.2, 0) is 33.0 Å². The molecule has 0 bridgehead atoms. The topological polar surface area (TPSA) is 72.1 Å². The van der Waals surface area contributed by atoms with Crippen LogP contribution in [0.2, 0.25) is 0 Å². The van der Waals surface area contributed by atoms with Gasteiger partial charge in [-0.2, -0.15) is 10.2 Å². The van der Waals surface area contributed by atoms with E-state index in [2.05, 4.69) is 39.7 Å². The molecule has 2 aromatic heterocycles. The summed E-state index contributed by atoms with van der Waals surface area (Å²) in [7, 11) is 3.82. The van der Waals surface area contributed by atoms with Gasteiger partial charge in [-0.25, -0.2) is 0 Å². The third-order valence-electron chi connectivity index (χ3n) is 4.10. The Kier molecular flexibility index (Phi) is 9.54. The summed E-state index contributed by atoms with van der Waals surface area (Å²) in [6.45, 7) is 6.82. The highest BCUT2D eigenvalue weighted by molar-refractivity contribution is 14.0. The molecule has 2 N–H and O–H groups in total. The number of rotatable bonds is 8. The van der Waals surface area contributed by atoms with Crippen LogP contribution >= 0.6 is 24.0 Å². The molecule has 25 heavy (non-hydrogen) atoms. The van der Waals surface area contributed by atoms with E-state index >= 15 is 0 Å². The number of nitrogens with one attached hydrogen (secondary N) is 2. The Balaban J connectivity index is 0.00000312. The fourth-order valence-electron chi connectivity index (χ4n) is 2.87. The van der Waals surface area contributed by atoms with Crippen molar-refractivity contribution in [2.75, 3.05) is 13.6 Å². The number of hydrogen-bond donors (Lipinski definition) is 2. The van der Waals surface area contributed by atoms with Gasteiger partial charge in [0, 0.05) is 57.4 Å². The number of halogens is 1. The van der Waals surface area contributed by atoms with Crippen LogP contribution in [-0.4, -0.2) is 39.1 Å².